The van der Waals surface area contributed by atoms with Gasteiger partial charge in [0.1, 0.15) is 17.2 Å². The van der Waals surface area contributed by atoms with E-state index in [4.69, 9.17) is 0 Å². The lowest BCUT2D eigenvalue weighted by atomic mass is 10.0. The van der Waals surface area contributed by atoms with E-state index in [1.54, 1.807) is 0 Å². The van der Waals surface area contributed by atoms with E-state index in [0.29, 0.717) is 0 Å². The van der Waals surface area contributed by atoms with Crippen LogP contribution in [-0.2, 0) is 0 Å². The van der Waals surface area contributed by atoms with Gasteiger partial charge in [-0.25, -0.2) is 16.3 Å². The summed E-state index contributed by atoms with van der Waals surface area (Å²) in [5.74, 6) is -3.92. The molecule has 3 aromatic heterocycles. The largest absolute Gasteiger partial charge is 0.506 e. The Morgan fingerprint density at radius 2 is 0.738 bits per heavy atom. The summed E-state index contributed by atoms with van der Waals surface area (Å²) in [7, 11) is 0. The molecule has 0 aliphatic rings. The van der Waals surface area contributed by atoms with Crippen molar-refractivity contribution in [3.8, 4) is 17.2 Å². The van der Waals surface area contributed by atoms with Crippen molar-refractivity contribution in [3.05, 3.63) is 107 Å². The number of hydrazone groups is 3. The zero-order chi connectivity index (χ0) is 29.9. The van der Waals surface area contributed by atoms with Gasteiger partial charge in [-0.15, -0.1) is 0 Å². The maximum atomic E-state index is 12.3. The summed E-state index contributed by atoms with van der Waals surface area (Å²) < 4.78 is 0. The molecule has 0 unspecified atom stereocenters. The summed E-state index contributed by atoms with van der Waals surface area (Å²) in [4.78, 5) is 48.3. The van der Waals surface area contributed by atoms with Gasteiger partial charge in [-0.3, -0.25) is 29.3 Å². The van der Waals surface area contributed by atoms with Gasteiger partial charge >= 0.3 is 0 Å². The van der Waals surface area contributed by atoms with Crippen LogP contribution in [0.4, 0.5) is 0 Å². The summed E-state index contributed by atoms with van der Waals surface area (Å²) in [6.07, 6.45) is 11.2. The van der Waals surface area contributed by atoms with E-state index in [0.717, 1.165) is 18.6 Å². The third-order valence-electron chi connectivity index (χ3n) is 5.44. The molecule has 0 spiro atoms. The highest BCUT2D eigenvalue weighted by Gasteiger charge is 2.21. The van der Waals surface area contributed by atoms with Crippen molar-refractivity contribution >= 4 is 36.4 Å². The van der Waals surface area contributed by atoms with Gasteiger partial charge in [-0.05, 0) is 36.4 Å². The number of aromatic hydroxyl groups is 3. The molecule has 3 heterocycles. The standard InChI is InChI=1S/C27H21N9O6/c37-22-19(13-31-34-25(40)16-1-7-28-8-2-16)23(38)21(15-33-36-27(42)18-5-11-30-12-6-18)24(39)20(22)14-32-35-26(41)17-3-9-29-10-4-17/h1-15,37-39H,(H,34,40)(H,35,41)(H,36,42)/b31-13+,32-14+,33-15+. The fourth-order valence-electron chi connectivity index (χ4n) is 3.31. The maximum Gasteiger partial charge on any atom is 0.271 e. The number of rotatable bonds is 9. The number of carbonyl (C=O) groups is 3. The zero-order valence-corrected chi connectivity index (χ0v) is 21.4. The van der Waals surface area contributed by atoms with E-state index < -0.39 is 35.0 Å². The van der Waals surface area contributed by atoms with Crippen LogP contribution in [0.25, 0.3) is 0 Å². The molecule has 4 aromatic rings. The normalized spacial score (nSPS) is 11.1. The lowest BCUT2D eigenvalue weighted by Gasteiger charge is -2.12. The smallest absolute Gasteiger partial charge is 0.271 e. The van der Waals surface area contributed by atoms with Crippen LogP contribution in [0.15, 0.2) is 88.9 Å². The molecule has 0 aliphatic heterocycles. The maximum absolute atomic E-state index is 12.3. The quantitative estimate of drug-likeness (QED) is 0.126. The number of carbonyl (C=O) groups excluding carboxylic acids is 3. The van der Waals surface area contributed by atoms with Crippen molar-refractivity contribution in [1.29, 1.82) is 0 Å². The van der Waals surface area contributed by atoms with Crippen molar-refractivity contribution < 1.29 is 29.7 Å². The third-order valence-corrected chi connectivity index (χ3v) is 5.44. The molecular formula is C27H21N9O6. The number of phenols is 3. The monoisotopic (exact) mass is 567 g/mol. The van der Waals surface area contributed by atoms with Crippen LogP contribution >= 0.6 is 0 Å². The van der Waals surface area contributed by atoms with Gasteiger partial charge in [0.2, 0.25) is 0 Å². The molecule has 210 valence electrons. The Labute approximate surface area is 237 Å². The molecule has 0 aliphatic carbocycles. The van der Waals surface area contributed by atoms with E-state index in [9.17, 15) is 29.7 Å². The molecule has 0 saturated heterocycles. The molecule has 1 aromatic carbocycles. The van der Waals surface area contributed by atoms with E-state index >= 15 is 0 Å². The first-order valence-corrected chi connectivity index (χ1v) is 11.9. The molecule has 15 nitrogen and oxygen atoms in total. The van der Waals surface area contributed by atoms with Crippen LogP contribution in [0, 0.1) is 0 Å². The lowest BCUT2D eigenvalue weighted by Crippen LogP contribution is -2.18. The molecule has 3 amide bonds. The van der Waals surface area contributed by atoms with E-state index in [1.165, 1.54) is 73.6 Å². The van der Waals surface area contributed by atoms with E-state index in [2.05, 4.69) is 46.5 Å². The summed E-state index contributed by atoms with van der Waals surface area (Å²) in [6, 6.07) is 8.69. The SMILES string of the molecule is O=C(N/N=C/c1c(O)c(/C=N/NC(=O)c2ccncc2)c(O)c(/C=N/NC(=O)c2ccncc2)c1O)c1ccncc1. The lowest BCUT2D eigenvalue weighted by molar-refractivity contribution is 0.0947. The fraction of sp³-hybridized carbons (Fsp3) is 0. The van der Waals surface area contributed by atoms with Crippen LogP contribution in [0.3, 0.4) is 0 Å². The number of amides is 3. The molecule has 0 atom stereocenters. The number of phenolic OH excluding ortho intramolecular Hbond substituents is 3. The predicted octanol–water partition coefficient (Wildman–Crippen LogP) is 1.28. The molecular weight excluding hydrogens is 546 g/mol. The summed E-state index contributed by atoms with van der Waals surface area (Å²) in [6.45, 7) is 0. The molecule has 0 saturated carbocycles. The van der Waals surface area contributed by atoms with Gasteiger partial charge in [0.25, 0.3) is 17.7 Å². The summed E-state index contributed by atoms with van der Waals surface area (Å²) in [5.41, 5.74) is 6.38. The third kappa shape index (κ3) is 6.92. The average Bonchev–Trinajstić information content (AvgIpc) is 3.03. The van der Waals surface area contributed by atoms with Crippen LogP contribution in [0.5, 0.6) is 17.2 Å². The Morgan fingerprint density at radius 3 is 0.976 bits per heavy atom. The molecule has 15 heteroatoms. The Kier molecular flexibility index (Phi) is 9.17. The van der Waals surface area contributed by atoms with Crippen LogP contribution in [-0.4, -0.2) is 66.6 Å². The van der Waals surface area contributed by atoms with E-state index in [1.807, 2.05) is 0 Å². The number of nitrogens with zero attached hydrogens (tertiary/aromatic N) is 6. The molecule has 4 rings (SSSR count). The minimum absolute atomic E-state index is 0.247. The highest BCUT2D eigenvalue weighted by atomic mass is 16.3. The fourth-order valence-corrected chi connectivity index (χ4v) is 3.31. The van der Waals surface area contributed by atoms with Gasteiger partial charge in [0, 0.05) is 53.9 Å². The second kappa shape index (κ2) is 13.5. The highest BCUT2D eigenvalue weighted by molar-refractivity contribution is 6.04. The summed E-state index contributed by atoms with van der Waals surface area (Å²) in [5, 5.41) is 43.8. The van der Waals surface area contributed by atoms with Crippen molar-refractivity contribution in [2.45, 2.75) is 0 Å². The highest BCUT2D eigenvalue weighted by Crippen LogP contribution is 2.39. The van der Waals surface area contributed by atoms with Gasteiger partial charge in [0.15, 0.2) is 0 Å². The Bertz CT molecular complexity index is 1460. The second-order valence-electron chi connectivity index (χ2n) is 8.09. The Hall–Kier alpha value is -6.51. The predicted molar refractivity (Wildman–Crippen MR) is 149 cm³/mol. The molecule has 0 fully saturated rings. The number of benzene rings is 1. The first-order chi connectivity index (χ1) is 20.4. The van der Waals surface area contributed by atoms with Gasteiger partial charge in [0.05, 0.1) is 35.3 Å². The molecule has 0 radical (unpaired) electrons. The van der Waals surface area contributed by atoms with Crippen molar-refractivity contribution in [3.63, 3.8) is 0 Å². The van der Waals surface area contributed by atoms with Crippen LogP contribution in [0.2, 0.25) is 0 Å². The number of aromatic nitrogens is 3. The zero-order valence-electron chi connectivity index (χ0n) is 21.4. The number of hydrogen-bond acceptors (Lipinski definition) is 12. The number of hydrogen-bond donors (Lipinski definition) is 6. The Morgan fingerprint density at radius 1 is 0.500 bits per heavy atom. The van der Waals surface area contributed by atoms with Gasteiger partial charge < -0.3 is 15.3 Å². The minimum atomic E-state index is -0.702. The summed E-state index contributed by atoms with van der Waals surface area (Å²) >= 11 is 0. The van der Waals surface area contributed by atoms with Crippen molar-refractivity contribution in [2.24, 2.45) is 15.3 Å². The first-order valence-electron chi connectivity index (χ1n) is 11.9. The topological polar surface area (TPSA) is 224 Å². The Balaban J connectivity index is 1.64. The first kappa shape index (κ1) is 28.5. The van der Waals surface area contributed by atoms with E-state index in [-0.39, 0.29) is 33.4 Å². The van der Waals surface area contributed by atoms with Gasteiger partial charge in [-0.2, -0.15) is 15.3 Å². The van der Waals surface area contributed by atoms with Crippen molar-refractivity contribution in [2.75, 3.05) is 0 Å². The molecule has 0 bridgehead atoms. The number of pyridine rings is 3. The van der Waals surface area contributed by atoms with Gasteiger partial charge in [-0.1, -0.05) is 0 Å². The van der Waals surface area contributed by atoms with Crippen molar-refractivity contribution in [1.82, 2.24) is 31.2 Å². The van der Waals surface area contributed by atoms with Crippen LogP contribution in [0.1, 0.15) is 47.8 Å². The average molecular weight is 568 g/mol. The van der Waals surface area contributed by atoms with Crippen LogP contribution < -0.4 is 16.3 Å². The second-order valence-corrected chi connectivity index (χ2v) is 8.09. The number of nitrogens with one attached hydrogen (secondary N) is 3. The molecule has 42 heavy (non-hydrogen) atoms. The molecule has 6 N–H and O–H groups in total. The minimum Gasteiger partial charge on any atom is -0.506 e.